The lowest BCUT2D eigenvalue weighted by atomic mass is 9.99. The lowest BCUT2D eigenvalue weighted by molar-refractivity contribution is 0.475. The number of hydrogen-bond acceptors (Lipinski definition) is 1. The summed E-state index contributed by atoms with van der Waals surface area (Å²) in [7, 11) is 0. The van der Waals surface area contributed by atoms with E-state index in [4.69, 9.17) is 0 Å². The highest BCUT2D eigenvalue weighted by atomic mass is 16.3. The van der Waals surface area contributed by atoms with E-state index in [0.717, 1.165) is 5.56 Å². The second-order valence-corrected chi connectivity index (χ2v) is 5.69. The summed E-state index contributed by atoms with van der Waals surface area (Å²) >= 11 is 0. The topological polar surface area (TPSA) is 20.2 Å². The molecule has 0 aliphatic rings. The van der Waals surface area contributed by atoms with Crippen LogP contribution < -0.4 is 0 Å². The molecular formula is C22H16O. The molecular weight excluding hydrogens is 280 g/mol. The average molecular weight is 296 g/mol. The van der Waals surface area contributed by atoms with Crippen molar-refractivity contribution in [1.82, 2.24) is 0 Å². The van der Waals surface area contributed by atoms with Crippen molar-refractivity contribution in [3.8, 4) is 5.75 Å². The van der Waals surface area contributed by atoms with Gasteiger partial charge in [-0.25, -0.2) is 0 Å². The third-order valence-corrected chi connectivity index (χ3v) is 4.13. The lowest BCUT2D eigenvalue weighted by Gasteiger charge is -2.05. The first-order valence-electron chi connectivity index (χ1n) is 7.68. The van der Waals surface area contributed by atoms with Gasteiger partial charge in [0.25, 0.3) is 0 Å². The van der Waals surface area contributed by atoms with Gasteiger partial charge in [-0.05, 0) is 56.9 Å². The molecule has 0 heterocycles. The molecule has 0 spiro atoms. The Kier molecular flexibility index (Phi) is 3.32. The maximum atomic E-state index is 9.36. The summed E-state index contributed by atoms with van der Waals surface area (Å²) in [5.41, 5.74) is 2.27. The Labute approximate surface area is 135 Å². The summed E-state index contributed by atoms with van der Waals surface area (Å²) in [6, 6.07) is 26.5. The largest absolute Gasteiger partial charge is 0.508 e. The van der Waals surface area contributed by atoms with E-state index in [9.17, 15) is 5.11 Å². The first-order chi connectivity index (χ1) is 11.3. The molecule has 0 atom stereocenters. The fourth-order valence-corrected chi connectivity index (χ4v) is 2.91. The summed E-state index contributed by atoms with van der Waals surface area (Å²) in [6.45, 7) is 0. The predicted molar refractivity (Wildman–Crippen MR) is 98.5 cm³/mol. The Morgan fingerprint density at radius 3 is 2.09 bits per heavy atom. The van der Waals surface area contributed by atoms with Crippen molar-refractivity contribution in [2.75, 3.05) is 0 Å². The molecule has 0 saturated heterocycles. The van der Waals surface area contributed by atoms with Crippen LogP contribution in [0.3, 0.4) is 0 Å². The molecule has 0 aromatic heterocycles. The van der Waals surface area contributed by atoms with Crippen LogP contribution in [0.2, 0.25) is 0 Å². The van der Waals surface area contributed by atoms with E-state index in [-0.39, 0.29) is 0 Å². The molecule has 0 unspecified atom stereocenters. The minimum absolute atomic E-state index is 0.291. The highest BCUT2D eigenvalue weighted by molar-refractivity contribution is 6.02. The van der Waals surface area contributed by atoms with Gasteiger partial charge in [-0.3, -0.25) is 0 Å². The summed E-state index contributed by atoms with van der Waals surface area (Å²) in [6.07, 6.45) is 4.20. The Bertz CT molecular complexity index is 1010. The van der Waals surface area contributed by atoms with E-state index in [1.165, 1.54) is 27.1 Å². The molecule has 4 rings (SSSR count). The number of benzene rings is 4. The monoisotopic (exact) mass is 296 g/mol. The smallest absolute Gasteiger partial charge is 0.115 e. The molecule has 1 N–H and O–H groups in total. The highest BCUT2D eigenvalue weighted by Gasteiger charge is 2.01. The van der Waals surface area contributed by atoms with E-state index in [1.807, 2.05) is 12.1 Å². The van der Waals surface area contributed by atoms with E-state index in [0.29, 0.717) is 5.75 Å². The number of hydrogen-bond donors (Lipinski definition) is 1. The summed E-state index contributed by atoms with van der Waals surface area (Å²) in [5.74, 6) is 0.291. The normalized spacial score (nSPS) is 11.5. The van der Waals surface area contributed by atoms with Crippen molar-refractivity contribution in [1.29, 1.82) is 0 Å². The SMILES string of the molecule is Oc1ccc(C=Cc2cccc3cc4ccccc4cc23)cc1. The highest BCUT2D eigenvalue weighted by Crippen LogP contribution is 2.26. The maximum absolute atomic E-state index is 9.36. The van der Waals surface area contributed by atoms with Crippen LogP contribution in [-0.2, 0) is 0 Å². The maximum Gasteiger partial charge on any atom is 0.115 e. The van der Waals surface area contributed by atoms with Crippen LogP contribution in [0.25, 0.3) is 33.7 Å². The van der Waals surface area contributed by atoms with Gasteiger partial charge < -0.3 is 5.11 Å². The van der Waals surface area contributed by atoms with Gasteiger partial charge in [0.15, 0.2) is 0 Å². The van der Waals surface area contributed by atoms with Gasteiger partial charge in [0.05, 0.1) is 0 Å². The van der Waals surface area contributed by atoms with Crippen molar-refractivity contribution in [3.05, 3.63) is 90.0 Å². The molecule has 0 saturated carbocycles. The van der Waals surface area contributed by atoms with Gasteiger partial charge in [0.2, 0.25) is 0 Å². The van der Waals surface area contributed by atoms with E-state index < -0.39 is 0 Å². The molecule has 0 aliphatic carbocycles. The first kappa shape index (κ1) is 13.6. The molecule has 0 aliphatic heterocycles. The van der Waals surface area contributed by atoms with Gasteiger partial charge in [0.1, 0.15) is 5.75 Å². The molecule has 0 radical (unpaired) electrons. The van der Waals surface area contributed by atoms with E-state index in [1.54, 1.807) is 12.1 Å². The van der Waals surface area contributed by atoms with Crippen LogP contribution in [0.4, 0.5) is 0 Å². The summed E-state index contributed by atoms with van der Waals surface area (Å²) in [4.78, 5) is 0. The van der Waals surface area contributed by atoms with Crippen LogP contribution in [0.5, 0.6) is 5.75 Å². The van der Waals surface area contributed by atoms with Gasteiger partial charge in [0, 0.05) is 0 Å². The average Bonchev–Trinajstić information content (AvgIpc) is 2.59. The molecule has 110 valence electrons. The van der Waals surface area contributed by atoms with Gasteiger partial charge in [-0.1, -0.05) is 66.7 Å². The fourth-order valence-electron chi connectivity index (χ4n) is 2.91. The third-order valence-electron chi connectivity index (χ3n) is 4.13. The van der Waals surface area contributed by atoms with Crippen molar-refractivity contribution in [3.63, 3.8) is 0 Å². The standard InChI is InChI=1S/C22H16O/c23-21-12-9-16(10-13-21)8-11-17-6-3-7-20-14-18-4-1-2-5-19(18)15-22(17)20/h1-15,23H. The quantitative estimate of drug-likeness (QED) is 0.362. The molecule has 0 amide bonds. The van der Waals surface area contributed by atoms with Crippen LogP contribution in [0.15, 0.2) is 78.9 Å². The molecule has 4 aromatic rings. The summed E-state index contributed by atoms with van der Waals surface area (Å²) in [5, 5.41) is 14.4. The molecule has 1 heteroatoms. The minimum Gasteiger partial charge on any atom is -0.508 e. The Morgan fingerprint density at radius 1 is 0.609 bits per heavy atom. The summed E-state index contributed by atoms with van der Waals surface area (Å²) < 4.78 is 0. The Balaban J connectivity index is 1.82. The second-order valence-electron chi connectivity index (χ2n) is 5.69. The van der Waals surface area contributed by atoms with Crippen LogP contribution in [0.1, 0.15) is 11.1 Å². The molecule has 23 heavy (non-hydrogen) atoms. The van der Waals surface area contributed by atoms with Crippen LogP contribution in [-0.4, -0.2) is 5.11 Å². The zero-order valence-corrected chi connectivity index (χ0v) is 12.6. The molecule has 4 aromatic carbocycles. The van der Waals surface area contributed by atoms with Gasteiger partial charge in [-0.2, -0.15) is 0 Å². The zero-order chi connectivity index (χ0) is 15.6. The lowest BCUT2D eigenvalue weighted by Crippen LogP contribution is -1.80. The van der Waals surface area contributed by atoms with Gasteiger partial charge in [-0.15, -0.1) is 0 Å². The van der Waals surface area contributed by atoms with Crippen LogP contribution in [0, 0.1) is 0 Å². The number of phenolic OH excluding ortho intramolecular Hbond substituents is 1. The van der Waals surface area contributed by atoms with Crippen LogP contribution >= 0.6 is 0 Å². The third kappa shape index (κ3) is 2.69. The number of rotatable bonds is 2. The van der Waals surface area contributed by atoms with E-state index in [2.05, 4.69) is 66.7 Å². The molecule has 0 bridgehead atoms. The molecule has 1 nitrogen and oxygen atoms in total. The van der Waals surface area contributed by atoms with Gasteiger partial charge >= 0.3 is 0 Å². The van der Waals surface area contributed by atoms with Crippen molar-refractivity contribution >= 4 is 33.7 Å². The first-order valence-corrected chi connectivity index (χ1v) is 7.68. The predicted octanol–water partition coefficient (Wildman–Crippen LogP) is 5.87. The number of phenols is 1. The minimum atomic E-state index is 0.291. The van der Waals surface area contributed by atoms with Crippen molar-refractivity contribution < 1.29 is 5.11 Å². The number of aromatic hydroxyl groups is 1. The zero-order valence-electron chi connectivity index (χ0n) is 12.6. The van der Waals surface area contributed by atoms with Crippen molar-refractivity contribution in [2.45, 2.75) is 0 Å². The Hall–Kier alpha value is -3.06. The fraction of sp³-hybridized carbons (Fsp3) is 0. The second kappa shape index (κ2) is 5.62. The number of fused-ring (bicyclic) bond motifs is 2. The van der Waals surface area contributed by atoms with Crippen molar-refractivity contribution in [2.24, 2.45) is 0 Å². The molecule has 0 fully saturated rings. The van der Waals surface area contributed by atoms with E-state index >= 15 is 0 Å². The Morgan fingerprint density at radius 2 is 1.30 bits per heavy atom.